The second kappa shape index (κ2) is 7.82. The maximum atomic E-state index is 12.3. The van der Waals surface area contributed by atoms with E-state index >= 15 is 0 Å². The highest BCUT2D eigenvalue weighted by molar-refractivity contribution is 6.35. The van der Waals surface area contributed by atoms with E-state index in [9.17, 15) is 19.5 Å². The van der Waals surface area contributed by atoms with Crippen LogP contribution in [0.3, 0.4) is 0 Å². The van der Waals surface area contributed by atoms with E-state index in [2.05, 4.69) is 10.6 Å². The number of nitrogens with one attached hydrogen (secondary N) is 2. The second-order valence-corrected chi connectivity index (χ2v) is 4.84. The first-order valence-electron chi connectivity index (χ1n) is 7.10. The molecule has 0 saturated carbocycles. The van der Waals surface area contributed by atoms with Gasteiger partial charge in [0.2, 0.25) is 0 Å². The van der Waals surface area contributed by atoms with Crippen molar-refractivity contribution in [1.82, 2.24) is 0 Å². The van der Waals surface area contributed by atoms with Crippen LogP contribution in [-0.2, 0) is 9.59 Å². The average Bonchev–Trinajstić information content (AvgIpc) is 2.62. The van der Waals surface area contributed by atoms with Crippen LogP contribution in [0.2, 0.25) is 0 Å². The van der Waals surface area contributed by atoms with Gasteiger partial charge in [-0.1, -0.05) is 0 Å². The molecule has 8 nitrogen and oxygen atoms in total. The molecule has 0 fully saturated rings. The van der Waals surface area contributed by atoms with Crippen LogP contribution in [0.5, 0.6) is 11.5 Å². The molecule has 2 N–H and O–H groups in total. The second-order valence-electron chi connectivity index (χ2n) is 4.84. The van der Waals surface area contributed by atoms with Crippen molar-refractivity contribution in [2.75, 3.05) is 24.9 Å². The third-order valence-electron chi connectivity index (χ3n) is 3.23. The minimum Gasteiger partial charge on any atom is -0.540 e. The van der Waals surface area contributed by atoms with Gasteiger partial charge in [0, 0.05) is 16.9 Å². The SMILES string of the molecule is COc1ccc(C(=O)Nc2ccc(NC(=O)C(=O)[O-])cc2)cc1OC. The summed E-state index contributed by atoms with van der Waals surface area (Å²) in [5, 5.41) is 15.2. The normalized spacial score (nSPS) is 9.84. The number of rotatable bonds is 5. The molecule has 0 unspecified atom stereocenters. The summed E-state index contributed by atoms with van der Waals surface area (Å²) in [5.41, 5.74) is 1.09. The Kier molecular flexibility index (Phi) is 5.57. The quantitative estimate of drug-likeness (QED) is 0.770. The van der Waals surface area contributed by atoms with Crippen LogP contribution in [0.25, 0.3) is 0 Å². The number of hydrogen-bond donors (Lipinski definition) is 2. The number of methoxy groups -OCH3 is 2. The van der Waals surface area contributed by atoms with Gasteiger partial charge in [-0.25, -0.2) is 0 Å². The number of carboxylic acid groups (broad SMARTS) is 1. The maximum absolute atomic E-state index is 12.3. The molecule has 0 spiro atoms. The molecule has 130 valence electrons. The van der Waals surface area contributed by atoms with Crippen molar-refractivity contribution in [3.05, 3.63) is 48.0 Å². The zero-order chi connectivity index (χ0) is 18.4. The summed E-state index contributed by atoms with van der Waals surface area (Å²) < 4.78 is 10.3. The van der Waals surface area contributed by atoms with Gasteiger partial charge in [-0.3, -0.25) is 9.59 Å². The average molecular weight is 343 g/mol. The van der Waals surface area contributed by atoms with Crippen LogP contribution in [0, 0.1) is 0 Å². The van der Waals surface area contributed by atoms with E-state index in [0.29, 0.717) is 22.7 Å². The first-order valence-corrected chi connectivity index (χ1v) is 7.10. The van der Waals surface area contributed by atoms with Crippen molar-refractivity contribution < 1.29 is 29.0 Å². The topological polar surface area (TPSA) is 117 Å². The van der Waals surface area contributed by atoms with Crippen molar-refractivity contribution in [2.24, 2.45) is 0 Å². The first-order chi connectivity index (χ1) is 11.9. The van der Waals surface area contributed by atoms with Gasteiger partial charge in [0.05, 0.1) is 14.2 Å². The molecule has 0 radical (unpaired) electrons. The summed E-state index contributed by atoms with van der Waals surface area (Å²) in [6, 6.07) is 10.7. The number of hydrogen-bond acceptors (Lipinski definition) is 6. The fourth-order valence-electron chi connectivity index (χ4n) is 2.00. The molecule has 8 heteroatoms. The molecule has 25 heavy (non-hydrogen) atoms. The Balaban J connectivity index is 2.08. The number of ether oxygens (including phenoxy) is 2. The molecule has 0 aliphatic heterocycles. The molecule has 0 aliphatic rings. The van der Waals surface area contributed by atoms with Crippen molar-refractivity contribution in [1.29, 1.82) is 0 Å². The van der Waals surface area contributed by atoms with Crippen LogP contribution in [0.15, 0.2) is 42.5 Å². The van der Waals surface area contributed by atoms with Gasteiger partial charge >= 0.3 is 0 Å². The lowest BCUT2D eigenvalue weighted by Crippen LogP contribution is -2.36. The van der Waals surface area contributed by atoms with Gasteiger partial charge in [-0.2, -0.15) is 0 Å². The molecular weight excluding hydrogens is 328 g/mol. The van der Waals surface area contributed by atoms with Crippen molar-refractivity contribution in [3.63, 3.8) is 0 Å². The van der Waals surface area contributed by atoms with Gasteiger partial charge < -0.3 is 30.0 Å². The fourth-order valence-corrected chi connectivity index (χ4v) is 2.00. The van der Waals surface area contributed by atoms with E-state index in [4.69, 9.17) is 9.47 Å². The van der Waals surface area contributed by atoms with Crippen molar-refractivity contribution >= 4 is 29.2 Å². The largest absolute Gasteiger partial charge is 0.540 e. The highest BCUT2D eigenvalue weighted by Gasteiger charge is 2.11. The van der Waals surface area contributed by atoms with E-state index in [1.807, 2.05) is 0 Å². The highest BCUT2D eigenvalue weighted by atomic mass is 16.5. The number of amides is 2. The molecule has 0 saturated heterocycles. The third-order valence-corrected chi connectivity index (χ3v) is 3.23. The molecule has 0 aromatic heterocycles. The lowest BCUT2D eigenvalue weighted by Gasteiger charge is -2.11. The molecular formula is C17H15N2O6-. The van der Waals surface area contributed by atoms with Crippen LogP contribution in [0.1, 0.15) is 10.4 Å². The summed E-state index contributed by atoms with van der Waals surface area (Å²) >= 11 is 0. The molecule has 0 bridgehead atoms. The number of carbonyl (C=O) groups is 3. The number of benzene rings is 2. The fraction of sp³-hybridized carbons (Fsp3) is 0.118. The smallest absolute Gasteiger partial charge is 0.271 e. The number of aliphatic carboxylic acids is 1. The standard InChI is InChI=1S/C17H16N2O6/c1-24-13-8-3-10(9-14(13)25-2)15(20)18-11-4-6-12(7-5-11)19-16(21)17(22)23/h3-9H,1-2H3,(H,18,20)(H,19,21)(H,22,23)/p-1. The first kappa shape index (κ1) is 17.8. The minimum atomic E-state index is -1.83. The van der Waals surface area contributed by atoms with Crippen LogP contribution < -0.4 is 25.2 Å². The zero-order valence-electron chi connectivity index (χ0n) is 13.5. The van der Waals surface area contributed by atoms with E-state index in [0.717, 1.165) is 0 Å². The molecule has 2 amide bonds. The van der Waals surface area contributed by atoms with E-state index < -0.39 is 11.9 Å². The Bertz CT molecular complexity index is 801. The summed E-state index contributed by atoms with van der Waals surface area (Å²) in [6.45, 7) is 0. The summed E-state index contributed by atoms with van der Waals surface area (Å²) in [4.78, 5) is 33.6. The van der Waals surface area contributed by atoms with E-state index in [1.165, 1.54) is 38.5 Å². The Labute approximate surface area is 143 Å². The van der Waals surface area contributed by atoms with Crippen LogP contribution in [0.4, 0.5) is 11.4 Å². The molecule has 0 atom stereocenters. The highest BCUT2D eigenvalue weighted by Crippen LogP contribution is 2.28. The van der Waals surface area contributed by atoms with Gasteiger partial charge in [0.1, 0.15) is 5.97 Å². The van der Waals surface area contributed by atoms with Gasteiger partial charge in [-0.15, -0.1) is 0 Å². The Morgan fingerprint density at radius 3 is 1.92 bits per heavy atom. The Morgan fingerprint density at radius 2 is 1.40 bits per heavy atom. The number of carboxylic acids is 1. The van der Waals surface area contributed by atoms with E-state index in [1.54, 1.807) is 18.2 Å². The third kappa shape index (κ3) is 4.47. The van der Waals surface area contributed by atoms with Crippen molar-refractivity contribution in [2.45, 2.75) is 0 Å². The lowest BCUT2D eigenvalue weighted by atomic mass is 10.1. The Morgan fingerprint density at radius 1 is 0.840 bits per heavy atom. The van der Waals surface area contributed by atoms with Crippen LogP contribution >= 0.6 is 0 Å². The molecule has 0 aliphatic carbocycles. The van der Waals surface area contributed by atoms with E-state index in [-0.39, 0.29) is 11.6 Å². The van der Waals surface area contributed by atoms with Gasteiger partial charge in [0.25, 0.3) is 11.8 Å². The lowest BCUT2D eigenvalue weighted by molar-refractivity contribution is -0.299. The maximum Gasteiger partial charge on any atom is 0.271 e. The predicted octanol–water partition coefficient (Wildman–Crippen LogP) is 0.644. The zero-order valence-corrected chi connectivity index (χ0v) is 13.5. The molecule has 2 aromatic rings. The summed E-state index contributed by atoms with van der Waals surface area (Å²) in [6.07, 6.45) is 0. The van der Waals surface area contributed by atoms with Gasteiger partial charge in [-0.05, 0) is 42.5 Å². The summed E-state index contributed by atoms with van der Waals surface area (Å²) in [7, 11) is 2.97. The molecule has 2 rings (SSSR count). The monoisotopic (exact) mass is 343 g/mol. The number of anilines is 2. The number of carbonyl (C=O) groups excluding carboxylic acids is 3. The van der Waals surface area contributed by atoms with Crippen molar-refractivity contribution in [3.8, 4) is 11.5 Å². The van der Waals surface area contributed by atoms with Crippen LogP contribution in [-0.4, -0.2) is 32.0 Å². The van der Waals surface area contributed by atoms with Gasteiger partial charge in [0.15, 0.2) is 11.5 Å². The molecule has 0 heterocycles. The summed E-state index contributed by atoms with van der Waals surface area (Å²) in [5.74, 6) is -2.51. The minimum absolute atomic E-state index is 0.262. The molecule has 2 aromatic carbocycles. The Hall–Kier alpha value is -3.55. The predicted molar refractivity (Wildman–Crippen MR) is 87.6 cm³/mol.